The number of esters is 1. The van der Waals surface area contributed by atoms with E-state index in [1.54, 1.807) is 6.92 Å². The van der Waals surface area contributed by atoms with Crippen molar-refractivity contribution in [1.29, 1.82) is 0 Å². The number of rotatable bonds is 3. The molecule has 1 heterocycles. The average Bonchev–Trinajstić information content (AvgIpc) is 2.17. The zero-order valence-electron chi connectivity index (χ0n) is 8.14. The lowest BCUT2D eigenvalue weighted by molar-refractivity contribution is 0.0516. The predicted molar refractivity (Wildman–Crippen MR) is 52.8 cm³/mol. The Morgan fingerprint density at radius 3 is 2.75 bits per heavy atom. The van der Waals surface area contributed by atoms with Crippen LogP contribution in [-0.4, -0.2) is 17.6 Å². The van der Waals surface area contributed by atoms with E-state index < -0.39 is 23.9 Å². The second kappa shape index (κ2) is 5.29. The van der Waals surface area contributed by atoms with E-state index in [9.17, 15) is 18.0 Å². The van der Waals surface area contributed by atoms with Crippen LogP contribution in [0.3, 0.4) is 0 Å². The van der Waals surface area contributed by atoms with E-state index in [4.69, 9.17) is 0 Å². The fraction of sp³-hybridized carbons (Fsp3) is 0.333. The van der Waals surface area contributed by atoms with E-state index in [0.29, 0.717) is 0 Å². The van der Waals surface area contributed by atoms with Crippen molar-refractivity contribution >= 4 is 21.9 Å². The van der Waals surface area contributed by atoms with Crippen molar-refractivity contribution < 1.29 is 22.7 Å². The molecule has 16 heavy (non-hydrogen) atoms. The highest BCUT2D eigenvalue weighted by Crippen LogP contribution is 2.25. The lowest BCUT2D eigenvalue weighted by Gasteiger charge is -2.06. The molecule has 0 aliphatic carbocycles. The number of nitrogens with zero attached hydrogens (tertiary/aromatic N) is 1. The summed E-state index contributed by atoms with van der Waals surface area (Å²) in [4.78, 5) is 14.5. The van der Waals surface area contributed by atoms with E-state index in [-0.39, 0.29) is 16.8 Å². The van der Waals surface area contributed by atoms with Gasteiger partial charge in [-0.2, -0.15) is 0 Å². The van der Waals surface area contributed by atoms with Gasteiger partial charge in [0.25, 0.3) is 6.43 Å². The maximum atomic E-state index is 13.0. The minimum Gasteiger partial charge on any atom is -0.461 e. The molecule has 0 unspecified atom stereocenters. The summed E-state index contributed by atoms with van der Waals surface area (Å²) in [5.41, 5.74) is -1.43. The van der Waals surface area contributed by atoms with Gasteiger partial charge in [-0.15, -0.1) is 0 Å². The number of pyridine rings is 1. The Kier molecular flexibility index (Phi) is 4.28. The van der Waals surface area contributed by atoms with Gasteiger partial charge >= 0.3 is 5.97 Å². The zero-order chi connectivity index (χ0) is 12.3. The zero-order valence-corrected chi connectivity index (χ0v) is 9.72. The van der Waals surface area contributed by atoms with Crippen molar-refractivity contribution in [3.05, 3.63) is 27.7 Å². The Morgan fingerprint density at radius 2 is 2.25 bits per heavy atom. The first-order chi connectivity index (χ1) is 7.47. The maximum absolute atomic E-state index is 13.0. The third kappa shape index (κ3) is 2.72. The van der Waals surface area contributed by atoms with Crippen LogP contribution in [0.2, 0.25) is 0 Å². The standard InChI is InChI=1S/C9H7BrF3NO2/c1-2-16-9(15)6-4(10)3-5(11)7(14-6)8(12)13/h3,8H,2H2,1H3. The van der Waals surface area contributed by atoms with Gasteiger partial charge in [-0.3, -0.25) is 0 Å². The van der Waals surface area contributed by atoms with Crippen LogP contribution in [0.4, 0.5) is 13.2 Å². The summed E-state index contributed by atoms with van der Waals surface area (Å²) < 4.78 is 42.2. The highest BCUT2D eigenvalue weighted by Gasteiger charge is 2.22. The molecule has 0 radical (unpaired) electrons. The highest BCUT2D eigenvalue weighted by molar-refractivity contribution is 9.10. The summed E-state index contributed by atoms with van der Waals surface area (Å²) in [6.07, 6.45) is -3.08. The van der Waals surface area contributed by atoms with E-state index in [1.807, 2.05) is 0 Å². The smallest absolute Gasteiger partial charge is 0.358 e. The molecule has 3 nitrogen and oxygen atoms in total. The molecule has 1 rings (SSSR count). The molecule has 0 N–H and O–H groups in total. The van der Waals surface area contributed by atoms with Gasteiger partial charge in [0.2, 0.25) is 0 Å². The summed E-state index contributed by atoms with van der Waals surface area (Å²) in [7, 11) is 0. The third-order valence-electron chi connectivity index (χ3n) is 1.63. The number of ether oxygens (including phenoxy) is 1. The molecule has 0 fully saturated rings. The van der Waals surface area contributed by atoms with Gasteiger partial charge in [0, 0.05) is 0 Å². The molecular formula is C9H7BrF3NO2. The molecule has 1 aromatic rings. The fourth-order valence-electron chi connectivity index (χ4n) is 0.976. The topological polar surface area (TPSA) is 39.2 Å². The fourth-order valence-corrected chi connectivity index (χ4v) is 1.43. The lowest BCUT2D eigenvalue weighted by Crippen LogP contribution is -2.11. The SMILES string of the molecule is CCOC(=O)c1nc(C(F)F)c(F)cc1Br. The normalized spacial score (nSPS) is 10.6. The van der Waals surface area contributed by atoms with Crippen molar-refractivity contribution in [3.8, 4) is 0 Å². The van der Waals surface area contributed by atoms with Gasteiger partial charge in [0.15, 0.2) is 11.5 Å². The van der Waals surface area contributed by atoms with E-state index in [1.165, 1.54) is 0 Å². The van der Waals surface area contributed by atoms with Crippen molar-refractivity contribution in [2.24, 2.45) is 0 Å². The Labute approximate surface area is 97.8 Å². The van der Waals surface area contributed by atoms with Crippen LogP contribution < -0.4 is 0 Å². The molecule has 88 valence electrons. The van der Waals surface area contributed by atoms with Gasteiger partial charge < -0.3 is 4.74 Å². The van der Waals surface area contributed by atoms with Gasteiger partial charge in [-0.05, 0) is 28.9 Å². The number of carbonyl (C=O) groups excluding carboxylic acids is 1. The minimum atomic E-state index is -3.08. The number of halogens is 4. The third-order valence-corrected chi connectivity index (χ3v) is 2.24. The van der Waals surface area contributed by atoms with Crippen molar-refractivity contribution in [3.63, 3.8) is 0 Å². The van der Waals surface area contributed by atoms with Crippen LogP contribution in [0.15, 0.2) is 10.5 Å². The number of carbonyl (C=O) groups is 1. The largest absolute Gasteiger partial charge is 0.461 e. The highest BCUT2D eigenvalue weighted by atomic mass is 79.9. The molecule has 0 atom stereocenters. The molecule has 1 aromatic heterocycles. The van der Waals surface area contributed by atoms with Gasteiger partial charge in [0.05, 0.1) is 11.1 Å². The maximum Gasteiger partial charge on any atom is 0.358 e. The molecule has 0 aliphatic rings. The minimum absolute atomic E-state index is 0.0205. The molecule has 0 amide bonds. The molecule has 0 spiro atoms. The van der Waals surface area contributed by atoms with Crippen molar-refractivity contribution in [2.45, 2.75) is 13.3 Å². The van der Waals surface area contributed by atoms with Gasteiger partial charge in [-0.25, -0.2) is 22.9 Å². The summed E-state index contributed by atoms with van der Waals surface area (Å²) >= 11 is 2.85. The molecule has 7 heteroatoms. The number of hydrogen-bond donors (Lipinski definition) is 0. The van der Waals surface area contributed by atoms with Crippen LogP contribution in [0, 0.1) is 5.82 Å². The van der Waals surface area contributed by atoms with Crippen molar-refractivity contribution in [1.82, 2.24) is 4.98 Å². The van der Waals surface area contributed by atoms with Crippen LogP contribution in [0.1, 0.15) is 29.5 Å². The van der Waals surface area contributed by atoms with E-state index in [2.05, 4.69) is 25.7 Å². The summed E-state index contributed by atoms with van der Waals surface area (Å²) in [6.45, 7) is 1.64. The van der Waals surface area contributed by atoms with Gasteiger partial charge in [0.1, 0.15) is 5.69 Å². The Balaban J connectivity index is 3.19. The Morgan fingerprint density at radius 1 is 1.62 bits per heavy atom. The second-order valence-electron chi connectivity index (χ2n) is 2.71. The predicted octanol–water partition coefficient (Wildman–Crippen LogP) is 3.10. The van der Waals surface area contributed by atoms with Crippen LogP contribution in [0.5, 0.6) is 0 Å². The Bertz CT molecular complexity index is 412. The number of hydrogen-bond acceptors (Lipinski definition) is 3. The molecule has 0 bridgehead atoms. The number of aromatic nitrogens is 1. The Hall–Kier alpha value is -1.11. The molecule has 0 aliphatic heterocycles. The summed E-state index contributed by atoms with van der Waals surface area (Å²) in [5.74, 6) is -2.05. The quantitative estimate of drug-likeness (QED) is 0.805. The second-order valence-corrected chi connectivity index (χ2v) is 3.56. The monoisotopic (exact) mass is 297 g/mol. The van der Waals surface area contributed by atoms with Crippen LogP contribution in [0.25, 0.3) is 0 Å². The van der Waals surface area contributed by atoms with Crippen LogP contribution >= 0.6 is 15.9 Å². The van der Waals surface area contributed by atoms with E-state index >= 15 is 0 Å². The first-order valence-corrected chi connectivity index (χ1v) is 5.07. The molecule has 0 aromatic carbocycles. The molecular weight excluding hydrogens is 291 g/mol. The van der Waals surface area contributed by atoms with E-state index in [0.717, 1.165) is 6.07 Å². The van der Waals surface area contributed by atoms with Crippen molar-refractivity contribution in [2.75, 3.05) is 6.61 Å². The first-order valence-electron chi connectivity index (χ1n) is 4.28. The first kappa shape index (κ1) is 13.0. The molecule has 0 saturated carbocycles. The molecule has 0 saturated heterocycles. The number of alkyl halides is 2. The summed E-state index contributed by atoms with van der Waals surface area (Å²) in [6, 6.07) is 0.765. The summed E-state index contributed by atoms with van der Waals surface area (Å²) in [5, 5.41) is 0. The van der Waals surface area contributed by atoms with Gasteiger partial charge in [-0.1, -0.05) is 0 Å². The van der Waals surface area contributed by atoms with Crippen LogP contribution in [-0.2, 0) is 4.74 Å². The average molecular weight is 298 g/mol. The lowest BCUT2D eigenvalue weighted by atomic mass is 10.3.